The van der Waals surface area contributed by atoms with Gasteiger partial charge in [-0.15, -0.1) is 0 Å². The summed E-state index contributed by atoms with van der Waals surface area (Å²) in [4.78, 5) is 32.1. The molecule has 1 saturated heterocycles. The number of nitrogens with one attached hydrogen (secondary N) is 3. The van der Waals surface area contributed by atoms with Gasteiger partial charge in [-0.05, 0) is 6.42 Å². The highest BCUT2D eigenvalue weighted by atomic mass is 19.4. The van der Waals surface area contributed by atoms with Gasteiger partial charge in [0.2, 0.25) is 18.3 Å². The second-order valence-corrected chi connectivity index (χ2v) is 7.20. The highest BCUT2D eigenvalue weighted by molar-refractivity contribution is 5.80. The second-order valence-electron chi connectivity index (χ2n) is 7.20. The van der Waals surface area contributed by atoms with Crippen LogP contribution >= 0.6 is 0 Å². The summed E-state index contributed by atoms with van der Waals surface area (Å²) < 4.78 is 40.7. The zero-order chi connectivity index (χ0) is 22.9. The monoisotopic (exact) mass is 447 g/mol. The number of anilines is 2. The van der Waals surface area contributed by atoms with Crippen molar-refractivity contribution >= 4 is 24.0 Å². The number of amides is 2. The summed E-state index contributed by atoms with van der Waals surface area (Å²) in [6, 6.07) is 0. The number of hydrazine groups is 1. The third kappa shape index (κ3) is 7.51. The predicted octanol–water partition coefficient (Wildman–Crippen LogP) is 1.39. The minimum atomic E-state index is -4.70. The fraction of sp³-hybridized carbons (Fsp3) is 0.667. The van der Waals surface area contributed by atoms with E-state index >= 15 is 0 Å². The molecule has 10 nitrogen and oxygen atoms in total. The standard InChI is InChI=1S/C18H28F3N7O3/c1-2-3-4-5-13(11-28(31)12-29)16(30)25-26-17-23-10-14(15(24-17)18(19,20)21)27-8-6-22-7-9-27/h10,12-13,22,31H,2-9,11H2,1H3,(H,25,30)(H,23,24,26)/t13-/m1/s1. The Balaban J connectivity index is 2.09. The summed E-state index contributed by atoms with van der Waals surface area (Å²) in [5.41, 5.74) is 3.37. The number of carbonyl (C=O) groups excluding carboxylic acids is 2. The van der Waals surface area contributed by atoms with Gasteiger partial charge in [-0.3, -0.25) is 25.6 Å². The summed E-state index contributed by atoms with van der Waals surface area (Å²) >= 11 is 0. The highest BCUT2D eigenvalue weighted by Gasteiger charge is 2.38. The van der Waals surface area contributed by atoms with Gasteiger partial charge in [-0.2, -0.15) is 13.2 Å². The molecule has 1 aliphatic rings. The summed E-state index contributed by atoms with van der Waals surface area (Å²) in [6.45, 7) is 3.63. The van der Waals surface area contributed by atoms with Crippen molar-refractivity contribution in [1.82, 2.24) is 25.8 Å². The molecular formula is C18H28F3N7O3. The van der Waals surface area contributed by atoms with Crippen molar-refractivity contribution in [2.24, 2.45) is 5.92 Å². The van der Waals surface area contributed by atoms with Crippen LogP contribution in [0.1, 0.15) is 38.3 Å². The lowest BCUT2D eigenvalue weighted by molar-refractivity contribution is -0.154. The molecule has 1 aromatic rings. The SMILES string of the molecule is CCCCC[C@H](CN(O)C=O)C(=O)NNc1ncc(N2CCNCC2)c(C(F)(F)F)n1. The lowest BCUT2D eigenvalue weighted by Gasteiger charge is -2.30. The number of aromatic nitrogens is 2. The number of nitrogens with zero attached hydrogens (tertiary/aromatic N) is 4. The topological polar surface area (TPSA) is 123 Å². The van der Waals surface area contributed by atoms with Crippen LogP contribution in [-0.2, 0) is 15.8 Å². The maximum absolute atomic E-state index is 13.6. The Kier molecular flexibility index (Phi) is 9.24. The van der Waals surface area contributed by atoms with Crippen molar-refractivity contribution < 1.29 is 28.0 Å². The van der Waals surface area contributed by atoms with Crippen LogP contribution in [-0.4, -0.2) is 65.3 Å². The van der Waals surface area contributed by atoms with Crippen molar-refractivity contribution in [3.8, 4) is 0 Å². The van der Waals surface area contributed by atoms with Crippen LogP contribution in [0.15, 0.2) is 6.20 Å². The zero-order valence-electron chi connectivity index (χ0n) is 17.3. The minimum Gasteiger partial charge on any atom is -0.366 e. The molecule has 0 bridgehead atoms. The molecule has 2 rings (SSSR count). The third-order valence-corrected chi connectivity index (χ3v) is 4.85. The zero-order valence-corrected chi connectivity index (χ0v) is 17.3. The number of rotatable bonds is 11. The van der Waals surface area contributed by atoms with Gasteiger partial charge in [0.05, 0.1) is 24.3 Å². The Morgan fingerprint density at radius 2 is 2.10 bits per heavy atom. The molecule has 0 aliphatic carbocycles. The van der Waals surface area contributed by atoms with Crippen LogP contribution < -0.4 is 21.1 Å². The summed E-state index contributed by atoms with van der Waals surface area (Å²) in [5, 5.41) is 12.8. The van der Waals surface area contributed by atoms with Crippen molar-refractivity contribution in [1.29, 1.82) is 0 Å². The highest BCUT2D eigenvalue weighted by Crippen LogP contribution is 2.35. The van der Waals surface area contributed by atoms with E-state index in [0.717, 1.165) is 19.0 Å². The van der Waals surface area contributed by atoms with Gasteiger partial charge in [0.15, 0.2) is 5.69 Å². The Morgan fingerprint density at radius 3 is 2.71 bits per heavy atom. The van der Waals surface area contributed by atoms with Crippen molar-refractivity contribution in [2.45, 2.75) is 38.8 Å². The van der Waals surface area contributed by atoms with E-state index in [-0.39, 0.29) is 18.6 Å². The molecule has 0 radical (unpaired) electrons. The lowest BCUT2D eigenvalue weighted by Crippen LogP contribution is -2.44. The molecule has 0 aromatic carbocycles. The average molecular weight is 447 g/mol. The van der Waals surface area contributed by atoms with Crippen LogP contribution in [0, 0.1) is 5.92 Å². The molecule has 1 atom stereocenters. The van der Waals surface area contributed by atoms with E-state index in [2.05, 4.69) is 26.1 Å². The molecule has 2 heterocycles. The molecule has 1 aromatic heterocycles. The summed E-state index contributed by atoms with van der Waals surface area (Å²) in [7, 11) is 0. The first-order valence-corrected chi connectivity index (χ1v) is 10.1. The van der Waals surface area contributed by atoms with Crippen molar-refractivity contribution in [3.63, 3.8) is 0 Å². The van der Waals surface area contributed by atoms with E-state index in [1.165, 1.54) is 0 Å². The number of hydrogen-bond donors (Lipinski definition) is 4. The smallest absolute Gasteiger partial charge is 0.366 e. The first-order valence-electron chi connectivity index (χ1n) is 10.1. The molecule has 0 saturated carbocycles. The molecule has 1 aliphatic heterocycles. The Hall–Kier alpha value is -2.67. The van der Waals surface area contributed by atoms with Crippen LogP contribution in [0.3, 0.4) is 0 Å². The van der Waals surface area contributed by atoms with Crippen molar-refractivity contribution in [2.75, 3.05) is 43.0 Å². The Labute approximate surface area is 178 Å². The van der Waals surface area contributed by atoms with Gasteiger partial charge in [0, 0.05) is 26.2 Å². The Bertz CT molecular complexity index is 730. The number of carbonyl (C=O) groups is 2. The van der Waals surface area contributed by atoms with Crippen LogP contribution in [0.4, 0.5) is 24.8 Å². The van der Waals surface area contributed by atoms with Gasteiger partial charge in [0.1, 0.15) is 0 Å². The van der Waals surface area contributed by atoms with Crippen LogP contribution in [0.5, 0.6) is 0 Å². The van der Waals surface area contributed by atoms with Gasteiger partial charge in [0.25, 0.3) is 0 Å². The van der Waals surface area contributed by atoms with Crippen LogP contribution in [0.2, 0.25) is 0 Å². The number of hydroxylamine groups is 2. The summed E-state index contributed by atoms with van der Waals surface area (Å²) in [5.74, 6) is -1.76. The number of unbranched alkanes of at least 4 members (excludes halogenated alkanes) is 2. The normalized spacial score (nSPS) is 15.3. The predicted molar refractivity (Wildman–Crippen MR) is 106 cm³/mol. The number of halogens is 3. The van der Waals surface area contributed by atoms with E-state index in [1.54, 1.807) is 4.90 Å². The van der Waals surface area contributed by atoms with Gasteiger partial charge < -0.3 is 10.2 Å². The molecule has 0 spiro atoms. The van der Waals surface area contributed by atoms with E-state index in [0.29, 0.717) is 44.1 Å². The molecular weight excluding hydrogens is 419 g/mol. The van der Waals surface area contributed by atoms with E-state index in [1.807, 2.05) is 6.92 Å². The minimum absolute atomic E-state index is 0.120. The first-order chi connectivity index (χ1) is 14.8. The molecule has 1 fully saturated rings. The van der Waals surface area contributed by atoms with Gasteiger partial charge >= 0.3 is 6.18 Å². The number of hydrogen-bond acceptors (Lipinski definition) is 8. The maximum Gasteiger partial charge on any atom is 0.435 e. The molecule has 2 amide bonds. The van der Waals surface area contributed by atoms with Gasteiger partial charge in [-0.1, -0.05) is 26.2 Å². The molecule has 174 valence electrons. The molecule has 0 unspecified atom stereocenters. The third-order valence-electron chi connectivity index (χ3n) is 4.85. The summed E-state index contributed by atoms with van der Waals surface area (Å²) in [6.07, 6.45) is -0.588. The fourth-order valence-electron chi connectivity index (χ4n) is 3.22. The second kappa shape index (κ2) is 11.6. The number of piperazine rings is 1. The average Bonchev–Trinajstić information content (AvgIpc) is 2.76. The maximum atomic E-state index is 13.6. The van der Waals surface area contributed by atoms with Crippen molar-refractivity contribution in [3.05, 3.63) is 11.9 Å². The van der Waals surface area contributed by atoms with E-state index < -0.39 is 29.6 Å². The van der Waals surface area contributed by atoms with E-state index in [9.17, 15) is 28.0 Å². The Morgan fingerprint density at radius 1 is 1.39 bits per heavy atom. The first kappa shape index (κ1) is 24.6. The molecule has 13 heteroatoms. The fourth-order valence-corrected chi connectivity index (χ4v) is 3.22. The molecule has 31 heavy (non-hydrogen) atoms. The lowest BCUT2D eigenvalue weighted by atomic mass is 10.0. The van der Waals surface area contributed by atoms with Gasteiger partial charge in [-0.25, -0.2) is 15.0 Å². The largest absolute Gasteiger partial charge is 0.435 e. The van der Waals surface area contributed by atoms with E-state index in [4.69, 9.17) is 0 Å². The quantitative estimate of drug-likeness (QED) is 0.174. The number of alkyl halides is 3. The molecule has 4 N–H and O–H groups in total. The van der Waals surface area contributed by atoms with Crippen LogP contribution in [0.25, 0.3) is 0 Å².